The summed E-state index contributed by atoms with van der Waals surface area (Å²) in [4.78, 5) is 33.6. The minimum atomic E-state index is -0.147. The highest BCUT2D eigenvalue weighted by Crippen LogP contribution is 2.32. The number of amides is 1. The van der Waals surface area contributed by atoms with Crippen molar-refractivity contribution in [1.29, 1.82) is 0 Å². The predicted molar refractivity (Wildman–Crippen MR) is 111 cm³/mol. The molecule has 0 bridgehead atoms. The molecule has 7 heteroatoms. The van der Waals surface area contributed by atoms with Gasteiger partial charge in [-0.15, -0.1) is 0 Å². The minimum Gasteiger partial charge on any atom is -0.469 e. The Morgan fingerprint density at radius 1 is 1.07 bits per heavy atom. The maximum absolute atomic E-state index is 12.9. The molecule has 1 amide bonds. The van der Waals surface area contributed by atoms with Crippen LogP contribution in [-0.4, -0.2) is 55.0 Å². The molecule has 6 nitrogen and oxygen atoms in total. The Balaban J connectivity index is 1.32. The standard InChI is InChI=1S/C21H27N3O3S/c1-14-3-4-17-18(13-14)28-21(22-17)24-11-5-15(6-12-24)19(25)23-9-7-16(8-10-23)20(26)27-2/h3-4,13,15-16H,5-12H2,1-2H3. The van der Waals surface area contributed by atoms with Crippen LogP contribution in [0.25, 0.3) is 10.2 Å². The first kappa shape index (κ1) is 19.2. The summed E-state index contributed by atoms with van der Waals surface area (Å²) in [6.07, 6.45) is 3.15. The molecular weight excluding hydrogens is 374 g/mol. The average molecular weight is 402 g/mol. The fourth-order valence-electron chi connectivity index (χ4n) is 4.23. The van der Waals surface area contributed by atoms with Crippen LogP contribution in [0.1, 0.15) is 31.2 Å². The molecule has 2 fully saturated rings. The number of piperidine rings is 2. The van der Waals surface area contributed by atoms with Crippen molar-refractivity contribution in [2.45, 2.75) is 32.6 Å². The molecule has 3 heterocycles. The van der Waals surface area contributed by atoms with E-state index in [1.165, 1.54) is 17.4 Å². The number of benzene rings is 1. The lowest BCUT2D eigenvalue weighted by Crippen LogP contribution is -2.46. The van der Waals surface area contributed by atoms with Crippen LogP contribution in [0.2, 0.25) is 0 Å². The van der Waals surface area contributed by atoms with Crippen molar-refractivity contribution in [2.75, 3.05) is 38.2 Å². The summed E-state index contributed by atoms with van der Waals surface area (Å²) in [7, 11) is 1.43. The first-order valence-electron chi connectivity index (χ1n) is 10.0. The first-order valence-corrected chi connectivity index (χ1v) is 10.9. The van der Waals surface area contributed by atoms with Gasteiger partial charge in [0.1, 0.15) is 0 Å². The molecule has 2 saturated heterocycles. The quantitative estimate of drug-likeness (QED) is 0.739. The predicted octanol–water partition coefficient (Wildman–Crippen LogP) is 3.23. The van der Waals surface area contributed by atoms with E-state index in [4.69, 9.17) is 9.72 Å². The number of methoxy groups -OCH3 is 1. The van der Waals surface area contributed by atoms with E-state index < -0.39 is 0 Å². The molecule has 0 N–H and O–H groups in total. The Morgan fingerprint density at radius 2 is 1.75 bits per heavy atom. The summed E-state index contributed by atoms with van der Waals surface area (Å²) >= 11 is 1.74. The van der Waals surface area contributed by atoms with Crippen molar-refractivity contribution in [3.63, 3.8) is 0 Å². The number of aromatic nitrogens is 1. The van der Waals surface area contributed by atoms with Crippen LogP contribution in [0.15, 0.2) is 18.2 Å². The number of carbonyl (C=O) groups excluding carboxylic acids is 2. The van der Waals surface area contributed by atoms with Gasteiger partial charge < -0.3 is 14.5 Å². The van der Waals surface area contributed by atoms with Gasteiger partial charge in [0.05, 0.1) is 23.2 Å². The number of rotatable bonds is 3. The molecule has 0 radical (unpaired) electrons. The zero-order valence-electron chi connectivity index (χ0n) is 16.5. The molecule has 2 aromatic rings. The van der Waals surface area contributed by atoms with Crippen LogP contribution in [-0.2, 0) is 14.3 Å². The summed E-state index contributed by atoms with van der Waals surface area (Å²) in [5, 5.41) is 1.06. The molecule has 4 rings (SSSR count). The van der Waals surface area contributed by atoms with E-state index in [1.807, 2.05) is 4.90 Å². The minimum absolute atomic E-state index is 0.0569. The normalized spacial score (nSPS) is 19.2. The molecule has 1 aromatic carbocycles. The summed E-state index contributed by atoms with van der Waals surface area (Å²) in [6, 6.07) is 6.36. The number of nitrogens with zero attached hydrogens (tertiary/aromatic N) is 3. The molecule has 2 aliphatic heterocycles. The van der Waals surface area contributed by atoms with Gasteiger partial charge in [-0.2, -0.15) is 0 Å². The summed E-state index contributed by atoms with van der Waals surface area (Å²) in [5.41, 5.74) is 2.31. The molecule has 0 saturated carbocycles. The fourth-order valence-corrected chi connectivity index (χ4v) is 5.35. The Bertz CT molecular complexity index is 865. The van der Waals surface area contributed by atoms with E-state index in [2.05, 4.69) is 30.0 Å². The third-order valence-electron chi connectivity index (χ3n) is 5.99. The number of fused-ring (bicyclic) bond motifs is 1. The smallest absolute Gasteiger partial charge is 0.308 e. The molecule has 0 spiro atoms. The number of aryl methyl sites for hydroxylation is 1. The van der Waals surface area contributed by atoms with E-state index in [0.29, 0.717) is 25.9 Å². The number of hydrogen-bond donors (Lipinski definition) is 0. The van der Waals surface area contributed by atoms with Gasteiger partial charge in [-0.3, -0.25) is 9.59 Å². The van der Waals surface area contributed by atoms with Crippen LogP contribution in [0.3, 0.4) is 0 Å². The van der Waals surface area contributed by atoms with Crippen molar-refractivity contribution < 1.29 is 14.3 Å². The highest BCUT2D eigenvalue weighted by Gasteiger charge is 2.33. The highest BCUT2D eigenvalue weighted by atomic mass is 32.1. The molecule has 1 aromatic heterocycles. The van der Waals surface area contributed by atoms with Gasteiger partial charge in [0.2, 0.25) is 5.91 Å². The topological polar surface area (TPSA) is 62.7 Å². The monoisotopic (exact) mass is 401 g/mol. The summed E-state index contributed by atoms with van der Waals surface area (Å²) < 4.78 is 6.05. The second kappa shape index (κ2) is 8.07. The van der Waals surface area contributed by atoms with Crippen molar-refractivity contribution in [2.24, 2.45) is 11.8 Å². The largest absolute Gasteiger partial charge is 0.469 e. The number of likely N-dealkylation sites (tertiary alicyclic amines) is 1. The van der Waals surface area contributed by atoms with Gasteiger partial charge in [-0.25, -0.2) is 4.98 Å². The lowest BCUT2D eigenvalue weighted by Gasteiger charge is -2.36. The van der Waals surface area contributed by atoms with Gasteiger partial charge in [0.15, 0.2) is 5.13 Å². The Hall–Kier alpha value is -2.15. The maximum Gasteiger partial charge on any atom is 0.308 e. The molecule has 2 aliphatic rings. The molecule has 150 valence electrons. The first-order chi connectivity index (χ1) is 13.5. The third kappa shape index (κ3) is 3.85. The maximum atomic E-state index is 12.9. The van der Waals surface area contributed by atoms with Crippen molar-refractivity contribution in [3.05, 3.63) is 23.8 Å². The lowest BCUT2D eigenvalue weighted by atomic mass is 9.92. The second-order valence-electron chi connectivity index (χ2n) is 7.85. The average Bonchev–Trinajstić information content (AvgIpc) is 3.16. The van der Waals surface area contributed by atoms with Crippen LogP contribution in [0.4, 0.5) is 5.13 Å². The summed E-state index contributed by atoms with van der Waals surface area (Å²) in [6.45, 7) is 5.16. The Kier molecular flexibility index (Phi) is 5.53. The van der Waals surface area contributed by atoms with Crippen LogP contribution in [0.5, 0.6) is 0 Å². The fraction of sp³-hybridized carbons (Fsp3) is 0.571. The Labute approximate surface area is 169 Å². The molecule has 28 heavy (non-hydrogen) atoms. The molecular formula is C21H27N3O3S. The highest BCUT2D eigenvalue weighted by molar-refractivity contribution is 7.22. The van der Waals surface area contributed by atoms with E-state index in [-0.39, 0.29) is 23.7 Å². The SMILES string of the molecule is COC(=O)C1CCN(C(=O)C2CCN(c3nc4ccc(C)cc4s3)CC2)CC1. The van der Waals surface area contributed by atoms with Gasteiger partial charge in [-0.05, 0) is 50.3 Å². The van der Waals surface area contributed by atoms with Gasteiger partial charge in [-0.1, -0.05) is 17.4 Å². The number of hydrogen-bond acceptors (Lipinski definition) is 6. The van der Waals surface area contributed by atoms with E-state index >= 15 is 0 Å². The van der Waals surface area contributed by atoms with Crippen LogP contribution in [0, 0.1) is 18.8 Å². The second-order valence-corrected chi connectivity index (χ2v) is 8.86. The molecule has 0 unspecified atom stereocenters. The van der Waals surface area contributed by atoms with E-state index in [0.717, 1.165) is 36.6 Å². The number of thiazole rings is 1. The summed E-state index contributed by atoms with van der Waals surface area (Å²) in [5.74, 6) is 0.135. The van der Waals surface area contributed by atoms with E-state index in [1.54, 1.807) is 11.3 Å². The van der Waals surface area contributed by atoms with E-state index in [9.17, 15) is 9.59 Å². The molecule has 0 aliphatic carbocycles. The lowest BCUT2D eigenvalue weighted by molar-refractivity contribution is -0.149. The van der Waals surface area contributed by atoms with Crippen molar-refractivity contribution in [1.82, 2.24) is 9.88 Å². The van der Waals surface area contributed by atoms with Crippen molar-refractivity contribution >= 4 is 38.6 Å². The zero-order valence-corrected chi connectivity index (χ0v) is 17.3. The van der Waals surface area contributed by atoms with Gasteiger partial charge >= 0.3 is 5.97 Å². The zero-order chi connectivity index (χ0) is 19.7. The van der Waals surface area contributed by atoms with Gasteiger partial charge in [0, 0.05) is 32.1 Å². The van der Waals surface area contributed by atoms with Gasteiger partial charge in [0.25, 0.3) is 0 Å². The molecule has 0 atom stereocenters. The van der Waals surface area contributed by atoms with Crippen LogP contribution >= 0.6 is 11.3 Å². The van der Waals surface area contributed by atoms with Crippen molar-refractivity contribution in [3.8, 4) is 0 Å². The number of carbonyl (C=O) groups is 2. The third-order valence-corrected chi connectivity index (χ3v) is 7.07. The Morgan fingerprint density at radius 3 is 2.43 bits per heavy atom. The van der Waals surface area contributed by atoms with Crippen LogP contribution < -0.4 is 4.90 Å². The number of anilines is 1. The number of ether oxygens (including phenoxy) is 1. The number of esters is 1.